The summed E-state index contributed by atoms with van der Waals surface area (Å²) in [5.74, 6) is -2.86. The Morgan fingerprint density at radius 1 is 1.58 bits per heavy atom. The lowest BCUT2D eigenvalue weighted by Crippen LogP contribution is -2.23. The van der Waals surface area contributed by atoms with Crippen LogP contribution in [0.3, 0.4) is 0 Å². The van der Waals surface area contributed by atoms with Crippen LogP contribution < -0.4 is 5.32 Å². The molecule has 0 fully saturated rings. The second kappa shape index (κ2) is 3.99. The van der Waals surface area contributed by atoms with Crippen molar-refractivity contribution in [2.24, 2.45) is 0 Å². The number of alkyl halides is 3. The predicted octanol–water partition coefficient (Wildman–Crippen LogP) is 1.13. The van der Waals surface area contributed by atoms with Crippen molar-refractivity contribution in [3.63, 3.8) is 0 Å². The first-order valence-electron chi connectivity index (χ1n) is 3.13. The quantitative estimate of drug-likeness (QED) is 0.498. The molecule has 3 nitrogen and oxygen atoms in total. The molecule has 0 aliphatic carbocycles. The molecule has 0 aromatic rings. The normalized spacial score (nSPS) is 12.8. The smallest absolute Gasteiger partial charge is 0.448 e. The summed E-state index contributed by atoms with van der Waals surface area (Å²) in [7, 11) is 0. The van der Waals surface area contributed by atoms with Crippen LogP contribution >= 0.6 is 0 Å². The van der Waals surface area contributed by atoms with Gasteiger partial charge in [-0.3, -0.25) is 4.79 Å². The minimum absolute atomic E-state index is 0.101. The Morgan fingerprint density at radius 2 is 2.08 bits per heavy atom. The van der Waals surface area contributed by atoms with E-state index in [9.17, 15) is 18.0 Å². The van der Waals surface area contributed by atoms with Crippen molar-refractivity contribution in [2.45, 2.75) is 13.1 Å². The van der Waals surface area contributed by atoms with Crippen LogP contribution in [-0.2, 0) is 4.79 Å². The van der Waals surface area contributed by atoms with Crippen LogP contribution in [0.5, 0.6) is 0 Å². The maximum atomic E-state index is 11.6. The first kappa shape index (κ1) is 10.8. The SMILES string of the molecule is CCNC(=O)/C=C(/O)C(F)(F)F. The number of likely N-dealkylation sites (N-methyl/N-ethyl adjacent to an activating group) is 1. The minimum atomic E-state index is -4.86. The van der Waals surface area contributed by atoms with Crippen molar-refractivity contribution in [1.82, 2.24) is 5.32 Å². The number of allylic oxidation sites excluding steroid dienone is 1. The Balaban J connectivity index is 4.26. The molecule has 0 spiro atoms. The first-order valence-corrected chi connectivity index (χ1v) is 3.13. The standard InChI is InChI=1S/C6H8F3NO2/c1-2-10-5(12)3-4(11)6(7,8)9/h3,11H,2H2,1H3,(H,10,12)/b4-3+. The molecule has 0 radical (unpaired) electrons. The average Bonchev–Trinajstić information content (AvgIpc) is 1.85. The first-order chi connectivity index (χ1) is 5.38. The van der Waals surface area contributed by atoms with E-state index in [0.717, 1.165) is 0 Å². The number of carbonyl (C=O) groups is 1. The van der Waals surface area contributed by atoms with Gasteiger partial charge in [0.05, 0.1) is 6.08 Å². The Hall–Kier alpha value is -1.20. The highest BCUT2D eigenvalue weighted by Gasteiger charge is 2.34. The average molecular weight is 183 g/mol. The van der Waals surface area contributed by atoms with Crippen LogP contribution in [0.15, 0.2) is 11.8 Å². The third-order valence-corrected chi connectivity index (χ3v) is 0.909. The molecule has 0 aromatic heterocycles. The number of nitrogens with one attached hydrogen (secondary N) is 1. The summed E-state index contributed by atoms with van der Waals surface area (Å²) in [5.41, 5.74) is 0. The largest absolute Gasteiger partial charge is 0.504 e. The molecule has 0 aromatic carbocycles. The topological polar surface area (TPSA) is 49.3 Å². The summed E-state index contributed by atoms with van der Waals surface area (Å²) in [5, 5.41) is 10.3. The van der Waals surface area contributed by atoms with Crippen molar-refractivity contribution in [3.05, 3.63) is 11.8 Å². The zero-order chi connectivity index (χ0) is 9.78. The minimum Gasteiger partial charge on any atom is -0.504 e. The summed E-state index contributed by atoms with van der Waals surface area (Å²) in [6, 6.07) is 0. The van der Waals surface area contributed by atoms with Gasteiger partial charge >= 0.3 is 6.18 Å². The number of halogens is 3. The van der Waals surface area contributed by atoms with E-state index in [1.165, 1.54) is 0 Å². The molecule has 0 heterocycles. The molecule has 2 N–H and O–H groups in total. The predicted molar refractivity (Wildman–Crippen MR) is 35.5 cm³/mol. The Labute approximate surface area is 66.9 Å². The summed E-state index contributed by atoms with van der Waals surface area (Å²) >= 11 is 0. The highest BCUT2D eigenvalue weighted by molar-refractivity contribution is 5.87. The van der Waals surface area contributed by atoms with Gasteiger partial charge in [0, 0.05) is 6.54 Å². The van der Waals surface area contributed by atoms with Crippen LogP contribution in [0, 0.1) is 0 Å². The number of rotatable bonds is 2. The van der Waals surface area contributed by atoms with Gasteiger partial charge in [-0.05, 0) is 6.92 Å². The summed E-state index contributed by atoms with van der Waals surface area (Å²) in [6.45, 7) is 1.76. The van der Waals surface area contributed by atoms with Crippen LogP contribution in [0.2, 0.25) is 0 Å². The molecule has 0 aliphatic heterocycles. The highest BCUT2D eigenvalue weighted by atomic mass is 19.4. The number of amides is 1. The van der Waals surface area contributed by atoms with E-state index in [1.807, 2.05) is 0 Å². The Kier molecular flexibility index (Phi) is 3.59. The molecule has 70 valence electrons. The third kappa shape index (κ3) is 3.85. The molecule has 0 bridgehead atoms. The van der Waals surface area contributed by atoms with Crippen LogP contribution in [0.4, 0.5) is 13.2 Å². The van der Waals surface area contributed by atoms with E-state index in [1.54, 1.807) is 6.92 Å². The van der Waals surface area contributed by atoms with Crippen LogP contribution in [0.1, 0.15) is 6.92 Å². The molecule has 6 heteroatoms. The lowest BCUT2D eigenvalue weighted by Gasteiger charge is -2.03. The fourth-order valence-corrected chi connectivity index (χ4v) is 0.431. The Morgan fingerprint density at radius 3 is 2.42 bits per heavy atom. The van der Waals surface area contributed by atoms with Crippen molar-refractivity contribution in [2.75, 3.05) is 6.54 Å². The van der Waals surface area contributed by atoms with Crippen molar-refractivity contribution >= 4 is 5.91 Å². The fourth-order valence-electron chi connectivity index (χ4n) is 0.431. The zero-order valence-electron chi connectivity index (χ0n) is 6.27. The van der Waals surface area contributed by atoms with Gasteiger partial charge in [-0.15, -0.1) is 0 Å². The van der Waals surface area contributed by atoms with Gasteiger partial charge in [-0.2, -0.15) is 13.2 Å². The second-order valence-electron chi connectivity index (χ2n) is 1.92. The molecule has 0 aliphatic rings. The maximum absolute atomic E-state index is 11.6. The van der Waals surface area contributed by atoms with E-state index in [2.05, 4.69) is 5.32 Å². The number of hydrogen-bond donors (Lipinski definition) is 2. The van der Waals surface area contributed by atoms with Gasteiger partial charge in [-0.1, -0.05) is 0 Å². The van der Waals surface area contributed by atoms with Gasteiger partial charge in [0.25, 0.3) is 0 Å². The van der Waals surface area contributed by atoms with Gasteiger partial charge in [0.1, 0.15) is 0 Å². The van der Waals surface area contributed by atoms with E-state index in [0.29, 0.717) is 0 Å². The second-order valence-corrected chi connectivity index (χ2v) is 1.92. The van der Waals surface area contributed by atoms with E-state index in [-0.39, 0.29) is 12.6 Å². The van der Waals surface area contributed by atoms with E-state index < -0.39 is 17.8 Å². The lowest BCUT2D eigenvalue weighted by molar-refractivity contribution is -0.126. The van der Waals surface area contributed by atoms with Crippen LogP contribution in [0.25, 0.3) is 0 Å². The van der Waals surface area contributed by atoms with Gasteiger partial charge < -0.3 is 10.4 Å². The van der Waals surface area contributed by atoms with Gasteiger partial charge in [-0.25, -0.2) is 0 Å². The van der Waals surface area contributed by atoms with Crippen molar-refractivity contribution < 1.29 is 23.1 Å². The number of hydrogen-bond acceptors (Lipinski definition) is 2. The summed E-state index contributed by atoms with van der Waals surface area (Å²) < 4.78 is 34.7. The molecule has 12 heavy (non-hydrogen) atoms. The molecule has 0 unspecified atom stereocenters. The maximum Gasteiger partial charge on any atom is 0.448 e. The van der Waals surface area contributed by atoms with Crippen LogP contribution in [-0.4, -0.2) is 23.7 Å². The third-order valence-electron chi connectivity index (χ3n) is 0.909. The number of aliphatic hydroxyl groups is 1. The number of carbonyl (C=O) groups excluding carboxylic acids is 1. The highest BCUT2D eigenvalue weighted by Crippen LogP contribution is 2.22. The van der Waals surface area contributed by atoms with Crippen molar-refractivity contribution in [3.8, 4) is 0 Å². The Bertz CT molecular complexity index is 197. The van der Waals surface area contributed by atoms with E-state index >= 15 is 0 Å². The fraction of sp³-hybridized carbons (Fsp3) is 0.500. The number of aliphatic hydroxyl groups excluding tert-OH is 1. The molecule has 0 saturated carbocycles. The molecule has 0 rings (SSSR count). The molecule has 0 saturated heterocycles. The van der Waals surface area contributed by atoms with E-state index in [4.69, 9.17) is 5.11 Å². The summed E-state index contributed by atoms with van der Waals surface area (Å²) in [6.07, 6.45) is -4.76. The monoisotopic (exact) mass is 183 g/mol. The van der Waals surface area contributed by atoms with Gasteiger partial charge in [0.2, 0.25) is 11.7 Å². The lowest BCUT2D eigenvalue weighted by atomic mass is 10.4. The van der Waals surface area contributed by atoms with Crippen molar-refractivity contribution in [1.29, 1.82) is 0 Å². The molecular weight excluding hydrogens is 175 g/mol. The molecular formula is C6H8F3NO2. The molecule has 1 amide bonds. The zero-order valence-corrected chi connectivity index (χ0v) is 6.27. The molecule has 0 atom stereocenters. The summed E-state index contributed by atoms with van der Waals surface area (Å²) in [4.78, 5) is 10.5. The van der Waals surface area contributed by atoms with Gasteiger partial charge in [0.15, 0.2) is 0 Å².